The summed E-state index contributed by atoms with van der Waals surface area (Å²) in [6.45, 7) is 1.17. The molecule has 3 heterocycles. The van der Waals surface area contributed by atoms with E-state index in [1.165, 1.54) is 4.70 Å². The second-order valence-electron chi connectivity index (χ2n) is 7.17. The Morgan fingerprint density at radius 3 is 2.88 bits per heavy atom. The van der Waals surface area contributed by atoms with Crippen LogP contribution in [0.5, 0.6) is 0 Å². The van der Waals surface area contributed by atoms with Gasteiger partial charge in [0.2, 0.25) is 5.91 Å². The molecule has 0 saturated carbocycles. The van der Waals surface area contributed by atoms with Crippen molar-refractivity contribution in [2.75, 3.05) is 24.6 Å². The molecule has 2 aliphatic rings. The predicted octanol–water partition coefficient (Wildman–Crippen LogP) is 2.13. The van der Waals surface area contributed by atoms with Crippen molar-refractivity contribution in [1.82, 2.24) is 15.2 Å². The highest BCUT2D eigenvalue weighted by Crippen LogP contribution is 2.35. The summed E-state index contributed by atoms with van der Waals surface area (Å²) in [6.07, 6.45) is 3.74. The second kappa shape index (κ2) is 7.25. The second-order valence-corrected chi connectivity index (χ2v) is 10.5. The fourth-order valence-electron chi connectivity index (χ4n) is 3.86. The lowest BCUT2D eigenvalue weighted by Gasteiger charge is -2.34. The number of piperidine rings is 1. The highest BCUT2D eigenvalue weighted by atomic mass is 32.2. The van der Waals surface area contributed by atoms with Gasteiger partial charge in [-0.25, -0.2) is 13.4 Å². The summed E-state index contributed by atoms with van der Waals surface area (Å²) in [6, 6.07) is 8.05. The van der Waals surface area contributed by atoms with Gasteiger partial charge in [-0.15, -0.1) is 11.3 Å². The van der Waals surface area contributed by atoms with Gasteiger partial charge < -0.3 is 5.32 Å². The van der Waals surface area contributed by atoms with Crippen molar-refractivity contribution in [1.29, 1.82) is 0 Å². The lowest BCUT2D eigenvalue weighted by atomic mass is 10.0. The molecule has 4 rings (SSSR count). The van der Waals surface area contributed by atoms with Gasteiger partial charge in [0.1, 0.15) is 5.01 Å². The smallest absolute Gasteiger partial charge is 0.234 e. The first kappa shape index (κ1) is 17.9. The summed E-state index contributed by atoms with van der Waals surface area (Å²) >= 11 is 1.70. The average molecular weight is 394 g/mol. The SMILES string of the molecule is O=C(CN1CCCC[C@H]1c1nc2ccccc2s1)N[C@H]1CCS(=O)(=O)C1. The Balaban J connectivity index is 1.44. The highest BCUT2D eigenvalue weighted by Gasteiger charge is 2.31. The minimum Gasteiger partial charge on any atom is -0.351 e. The number of carbonyl (C=O) groups excluding carboxylic acids is 1. The number of carbonyl (C=O) groups is 1. The normalized spacial score (nSPS) is 26.2. The fraction of sp³-hybridized carbons (Fsp3) is 0.556. The number of benzene rings is 1. The van der Waals surface area contributed by atoms with E-state index in [0.717, 1.165) is 36.3 Å². The Morgan fingerprint density at radius 2 is 2.12 bits per heavy atom. The Hall–Kier alpha value is -1.51. The van der Waals surface area contributed by atoms with Crippen molar-refractivity contribution >= 4 is 37.3 Å². The van der Waals surface area contributed by atoms with Crippen LogP contribution in [0.1, 0.15) is 36.7 Å². The molecule has 1 N–H and O–H groups in total. The van der Waals surface area contributed by atoms with E-state index in [9.17, 15) is 13.2 Å². The van der Waals surface area contributed by atoms with Crippen LogP contribution in [0, 0.1) is 0 Å². The summed E-state index contributed by atoms with van der Waals surface area (Å²) in [5.41, 5.74) is 1.01. The largest absolute Gasteiger partial charge is 0.351 e. The number of likely N-dealkylation sites (tertiary alicyclic amines) is 1. The van der Waals surface area contributed by atoms with Gasteiger partial charge in [-0.1, -0.05) is 18.6 Å². The molecule has 0 aliphatic carbocycles. The molecule has 0 radical (unpaired) electrons. The van der Waals surface area contributed by atoms with E-state index < -0.39 is 9.84 Å². The van der Waals surface area contributed by atoms with Crippen molar-refractivity contribution < 1.29 is 13.2 Å². The van der Waals surface area contributed by atoms with Gasteiger partial charge in [0, 0.05) is 6.04 Å². The molecule has 140 valence electrons. The third-order valence-electron chi connectivity index (χ3n) is 5.15. The standard InChI is InChI=1S/C18H23N3O3S2/c22-17(19-13-8-10-26(23,24)12-13)11-21-9-4-3-6-15(21)18-20-14-5-1-2-7-16(14)25-18/h1-2,5,7,13,15H,3-4,6,8-12H2,(H,19,22)/t13-,15-/m0/s1. The van der Waals surface area contributed by atoms with Crippen LogP contribution in [0.4, 0.5) is 0 Å². The van der Waals surface area contributed by atoms with Gasteiger partial charge >= 0.3 is 0 Å². The third-order valence-corrected chi connectivity index (χ3v) is 8.06. The maximum atomic E-state index is 12.5. The lowest BCUT2D eigenvalue weighted by molar-refractivity contribution is -0.123. The number of para-hydroxylation sites is 1. The van der Waals surface area contributed by atoms with Crippen LogP contribution in [-0.2, 0) is 14.6 Å². The van der Waals surface area contributed by atoms with Crippen LogP contribution >= 0.6 is 11.3 Å². The minimum absolute atomic E-state index is 0.0695. The molecule has 1 aromatic carbocycles. The first-order valence-electron chi connectivity index (χ1n) is 9.09. The van der Waals surface area contributed by atoms with Crippen molar-refractivity contribution in [3.05, 3.63) is 29.3 Å². The van der Waals surface area contributed by atoms with Crippen LogP contribution < -0.4 is 5.32 Å². The molecule has 0 spiro atoms. The van der Waals surface area contributed by atoms with Gasteiger partial charge in [0.15, 0.2) is 9.84 Å². The molecule has 2 atom stereocenters. The molecule has 1 amide bonds. The van der Waals surface area contributed by atoms with E-state index >= 15 is 0 Å². The van der Waals surface area contributed by atoms with Crippen LogP contribution in [0.3, 0.4) is 0 Å². The molecule has 0 bridgehead atoms. The number of rotatable bonds is 4. The van der Waals surface area contributed by atoms with Gasteiger partial charge in [-0.3, -0.25) is 9.69 Å². The first-order chi connectivity index (χ1) is 12.5. The zero-order chi connectivity index (χ0) is 18.1. The number of nitrogens with one attached hydrogen (secondary N) is 1. The van der Waals surface area contributed by atoms with Crippen molar-refractivity contribution in [3.63, 3.8) is 0 Å². The molecule has 2 aliphatic heterocycles. The molecule has 2 fully saturated rings. The molecular weight excluding hydrogens is 370 g/mol. The highest BCUT2D eigenvalue weighted by molar-refractivity contribution is 7.91. The number of hydrogen-bond acceptors (Lipinski definition) is 6. The quantitative estimate of drug-likeness (QED) is 0.861. The van der Waals surface area contributed by atoms with Gasteiger partial charge in [-0.2, -0.15) is 0 Å². The van der Waals surface area contributed by atoms with Crippen LogP contribution in [0.15, 0.2) is 24.3 Å². The monoisotopic (exact) mass is 393 g/mol. The van der Waals surface area contributed by atoms with Crippen LogP contribution in [0.25, 0.3) is 10.2 Å². The topological polar surface area (TPSA) is 79.4 Å². The number of aromatic nitrogens is 1. The summed E-state index contributed by atoms with van der Waals surface area (Å²) < 4.78 is 24.3. The van der Waals surface area contributed by atoms with E-state index in [-0.39, 0.29) is 29.5 Å². The Morgan fingerprint density at radius 1 is 1.27 bits per heavy atom. The number of hydrogen-bond donors (Lipinski definition) is 1. The minimum atomic E-state index is -2.98. The average Bonchev–Trinajstić information content (AvgIpc) is 3.18. The van der Waals surface area contributed by atoms with E-state index in [4.69, 9.17) is 4.98 Å². The number of amides is 1. The van der Waals surface area contributed by atoms with Gasteiger partial charge in [0.05, 0.1) is 34.3 Å². The number of nitrogens with zero attached hydrogens (tertiary/aromatic N) is 2. The Kier molecular flexibility index (Phi) is 4.98. The number of thiazole rings is 1. The summed E-state index contributed by atoms with van der Waals surface area (Å²) in [4.78, 5) is 19.4. The van der Waals surface area contributed by atoms with E-state index in [1.807, 2.05) is 18.2 Å². The molecule has 2 aromatic rings. The Bertz CT molecular complexity index is 876. The van der Waals surface area contributed by atoms with Crippen LogP contribution in [0.2, 0.25) is 0 Å². The molecule has 2 saturated heterocycles. The van der Waals surface area contributed by atoms with E-state index in [1.54, 1.807) is 11.3 Å². The molecule has 8 heteroatoms. The zero-order valence-electron chi connectivity index (χ0n) is 14.6. The fourth-order valence-corrected chi connectivity index (χ4v) is 6.67. The van der Waals surface area contributed by atoms with Crippen molar-refractivity contribution in [3.8, 4) is 0 Å². The van der Waals surface area contributed by atoms with E-state index in [2.05, 4.69) is 16.3 Å². The van der Waals surface area contributed by atoms with Gasteiger partial charge in [-0.05, 0) is 37.9 Å². The maximum absolute atomic E-state index is 12.5. The Labute approximate surface area is 157 Å². The predicted molar refractivity (Wildman–Crippen MR) is 103 cm³/mol. The molecular formula is C18H23N3O3S2. The molecule has 6 nitrogen and oxygen atoms in total. The van der Waals surface area contributed by atoms with Crippen molar-refractivity contribution in [2.45, 2.75) is 37.8 Å². The van der Waals surface area contributed by atoms with Crippen LogP contribution in [-0.4, -0.2) is 54.8 Å². The third kappa shape index (κ3) is 3.92. The zero-order valence-corrected chi connectivity index (χ0v) is 16.2. The van der Waals surface area contributed by atoms with Gasteiger partial charge in [0.25, 0.3) is 0 Å². The molecule has 26 heavy (non-hydrogen) atoms. The maximum Gasteiger partial charge on any atom is 0.234 e. The molecule has 1 aromatic heterocycles. The summed E-state index contributed by atoms with van der Waals surface area (Å²) in [7, 11) is -2.98. The van der Waals surface area contributed by atoms with E-state index in [0.29, 0.717) is 13.0 Å². The summed E-state index contributed by atoms with van der Waals surface area (Å²) in [5.74, 6) is 0.163. The first-order valence-corrected chi connectivity index (χ1v) is 11.7. The molecule has 0 unspecified atom stereocenters. The van der Waals surface area contributed by atoms with Crippen molar-refractivity contribution in [2.24, 2.45) is 0 Å². The summed E-state index contributed by atoms with van der Waals surface area (Å²) in [5, 5.41) is 3.98. The number of fused-ring (bicyclic) bond motifs is 1. The number of sulfone groups is 1. The lowest BCUT2D eigenvalue weighted by Crippen LogP contribution is -2.45.